The molecule has 7 nitrogen and oxygen atoms in total. The number of amides is 2. The van der Waals surface area contributed by atoms with Gasteiger partial charge in [0.25, 0.3) is 11.8 Å². The third-order valence-corrected chi connectivity index (χ3v) is 5.98. The van der Waals surface area contributed by atoms with Gasteiger partial charge in [-0.3, -0.25) is 9.59 Å². The molecule has 0 bridgehead atoms. The molecule has 2 aliphatic carbocycles. The maximum Gasteiger partial charge on any atom is 0.277 e. The summed E-state index contributed by atoms with van der Waals surface area (Å²) in [5.41, 5.74) is 7.28. The minimum absolute atomic E-state index is 0.121. The molecule has 0 aliphatic heterocycles. The van der Waals surface area contributed by atoms with Gasteiger partial charge in [-0.25, -0.2) is 0 Å². The van der Waals surface area contributed by atoms with Crippen molar-refractivity contribution in [1.29, 1.82) is 0 Å². The Kier molecular flexibility index (Phi) is 5.50. The van der Waals surface area contributed by atoms with Crippen molar-refractivity contribution in [3.05, 3.63) is 45.8 Å². The quantitative estimate of drug-likeness (QED) is 0.649. The monoisotopic (exact) mass is 446 g/mol. The van der Waals surface area contributed by atoms with Crippen molar-refractivity contribution in [3.8, 4) is 0 Å². The van der Waals surface area contributed by atoms with Gasteiger partial charge >= 0.3 is 0 Å². The molecule has 2 amide bonds. The van der Waals surface area contributed by atoms with E-state index in [9.17, 15) is 9.59 Å². The molecule has 148 valence electrons. The summed E-state index contributed by atoms with van der Waals surface area (Å²) >= 11 is 3.43. The molecule has 8 heteroatoms. The van der Waals surface area contributed by atoms with Crippen molar-refractivity contribution in [3.63, 3.8) is 0 Å². The SMILES string of the molecule is NC1CCC(NC(=O)c2ccc(NC(=O)c3cc(C4CC4)on3)c(Br)c2)CC1. The number of aromatic nitrogens is 1. The minimum Gasteiger partial charge on any atom is -0.360 e. The average Bonchev–Trinajstić information content (AvgIpc) is 3.41. The first-order chi connectivity index (χ1) is 13.5. The standard InChI is InChI=1S/C20H23BrN4O3/c21-15-9-12(19(26)23-14-6-4-13(22)5-7-14)3-8-16(15)24-20(27)17-10-18(28-25-17)11-1-2-11/h3,8-11,13-14H,1-2,4-7,22H2,(H,23,26)(H,24,27). The first-order valence-corrected chi connectivity index (χ1v) is 10.4. The van der Waals surface area contributed by atoms with Crippen LogP contribution in [0.2, 0.25) is 0 Å². The Bertz CT molecular complexity index is 885. The second-order valence-corrected chi connectivity index (χ2v) is 8.48. The molecule has 0 saturated heterocycles. The highest BCUT2D eigenvalue weighted by Gasteiger charge is 2.29. The predicted molar refractivity (Wildman–Crippen MR) is 108 cm³/mol. The number of benzene rings is 1. The number of rotatable bonds is 5. The average molecular weight is 447 g/mol. The van der Waals surface area contributed by atoms with Crippen LogP contribution in [-0.4, -0.2) is 29.1 Å². The lowest BCUT2D eigenvalue weighted by atomic mass is 9.91. The van der Waals surface area contributed by atoms with Crippen LogP contribution in [0.5, 0.6) is 0 Å². The van der Waals surface area contributed by atoms with E-state index in [2.05, 4.69) is 31.7 Å². The molecule has 1 aromatic carbocycles. The van der Waals surface area contributed by atoms with E-state index in [1.807, 2.05) is 0 Å². The number of carbonyl (C=O) groups is 2. The van der Waals surface area contributed by atoms with Crippen LogP contribution in [-0.2, 0) is 0 Å². The summed E-state index contributed by atoms with van der Waals surface area (Å²) < 4.78 is 5.85. The van der Waals surface area contributed by atoms with Crippen LogP contribution >= 0.6 is 15.9 Å². The minimum atomic E-state index is -0.341. The summed E-state index contributed by atoms with van der Waals surface area (Å²) in [7, 11) is 0. The Hall–Kier alpha value is -2.19. The Morgan fingerprint density at radius 1 is 1.07 bits per heavy atom. The van der Waals surface area contributed by atoms with Gasteiger partial charge in [-0.15, -0.1) is 0 Å². The summed E-state index contributed by atoms with van der Waals surface area (Å²) in [6.07, 6.45) is 5.84. The van der Waals surface area contributed by atoms with Gasteiger partial charge in [-0.05, 0) is 72.7 Å². The van der Waals surface area contributed by atoms with Gasteiger partial charge in [0.15, 0.2) is 5.69 Å². The number of nitrogens with one attached hydrogen (secondary N) is 2. The van der Waals surface area contributed by atoms with Crippen LogP contribution < -0.4 is 16.4 Å². The molecule has 0 atom stereocenters. The topological polar surface area (TPSA) is 110 Å². The van der Waals surface area contributed by atoms with Crippen LogP contribution in [0.15, 0.2) is 33.3 Å². The molecule has 0 radical (unpaired) electrons. The highest BCUT2D eigenvalue weighted by Crippen LogP contribution is 2.40. The molecule has 4 rings (SSSR count). The third kappa shape index (κ3) is 4.44. The van der Waals surface area contributed by atoms with Gasteiger partial charge < -0.3 is 20.9 Å². The molecule has 4 N–H and O–H groups in total. The molecule has 1 heterocycles. The van der Waals surface area contributed by atoms with E-state index in [4.69, 9.17) is 10.3 Å². The highest BCUT2D eigenvalue weighted by atomic mass is 79.9. The maximum atomic E-state index is 12.5. The number of halogens is 1. The molecule has 1 aromatic heterocycles. The number of nitrogens with two attached hydrogens (primary N) is 1. The molecule has 2 saturated carbocycles. The fourth-order valence-electron chi connectivity index (χ4n) is 3.43. The fourth-order valence-corrected chi connectivity index (χ4v) is 3.91. The summed E-state index contributed by atoms with van der Waals surface area (Å²) in [6.45, 7) is 0. The summed E-state index contributed by atoms with van der Waals surface area (Å²) in [4.78, 5) is 24.9. The molecule has 2 aromatic rings. The maximum absolute atomic E-state index is 12.5. The smallest absolute Gasteiger partial charge is 0.277 e. The van der Waals surface area contributed by atoms with Crippen molar-refractivity contribution in [2.75, 3.05) is 5.32 Å². The van der Waals surface area contributed by atoms with E-state index in [1.165, 1.54) is 0 Å². The van der Waals surface area contributed by atoms with Crippen LogP contribution in [0.1, 0.15) is 71.0 Å². The first kappa shape index (κ1) is 19.1. The third-order valence-electron chi connectivity index (χ3n) is 5.33. The van der Waals surface area contributed by atoms with Gasteiger partial charge in [-0.2, -0.15) is 0 Å². The van der Waals surface area contributed by atoms with Crippen molar-refractivity contribution >= 4 is 33.4 Å². The Morgan fingerprint density at radius 3 is 2.50 bits per heavy atom. The largest absolute Gasteiger partial charge is 0.360 e. The highest BCUT2D eigenvalue weighted by molar-refractivity contribution is 9.10. The second kappa shape index (κ2) is 8.05. The second-order valence-electron chi connectivity index (χ2n) is 7.62. The number of hydrogen-bond acceptors (Lipinski definition) is 5. The van der Waals surface area contributed by atoms with Crippen LogP contribution in [0.3, 0.4) is 0 Å². The lowest BCUT2D eigenvalue weighted by Crippen LogP contribution is -2.40. The zero-order valence-electron chi connectivity index (χ0n) is 15.4. The van der Waals surface area contributed by atoms with Gasteiger partial charge in [-0.1, -0.05) is 5.16 Å². The predicted octanol–water partition coefficient (Wildman–Crippen LogP) is 3.57. The molecular formula is C20H23BrN4O3. The van der Waals surface area contributed by atoms with E-state index in [1.54, 1.807) is 24.3 Å². The van der Waals surface area contributed by atoms with Gasteiger partial charge in [0.05, 0.1) is 5.69 Å². The normalized spacial score (nSPS) is 21.9. The zero-order valence-corrected chi connectivity index (χ0v) is 17.0. The molecule has 0 unspecified atom stereocenters. The van der Waals surface area contributed by atoms with Gasteiger partial charge in [0, 0.05) is 34.1 Å². The summed E-state index contributed by atoms with van der Waals surface area (Å²) in [6, 6.07) is 7.21. The lowest BCUT2D eigenvalue weighted by Gasteiger charge is -2.26. The van der Waals surface area contributed by atoms with Crippen molar-refractivity contribution in [2.24, 2.45) is 5.73 Å². The summed E-state index contributed by atoms with van der Waals surface area (Å²) in [5, 5.41) is 9.70. The molecule has 28 heavy (non-hydrogen) atoms. The Morgan fingerprint density at radius 2 is 1.82 bits per heavy atom. The summed E-state index contributed by atoms with van der Waals surface area (Å²) in [5.74, 6) is 0.704. The fraction of sp³-hybridized carbons (Fsp3) is 0.450. The van der Waals surface area contributed by atoms with Crippen LogP contribution in [0, 0.1) is 0 Å². The van der Waals surface area contributed by atoms with E-state index in [0.717, 1.165) is 44.3 Å². The van der Waals surface area contributed by atoms with E-state index >= 15 is 0 Å². The van der Waals surface area contributed by atoms with Crippen LogP contribution in [0.25, 0.3) is 0 Å². The van der Waals surface area contributed by atoms with E-state index in [-0.39, 0.29) is 29.6 Å². The lowest BCUT2D eigenvalue weighted by molar-refractivity contribution is 0.0925. The Balaban J connectivity index is 1.37. The molecule has 2 aliphatic rings. The molecular weight excluding hydrogens is 424 g/mol. The molecule has 0 spiro atoms. The number of anilines is 1. The number of hydrogen-bond donors (Lipinski definition) is 3. The van der Waals surface area contributed by atoms with Gasteiger partial charge in [0.1, 0.15) is 5.76 Å². The number of carbonyl (C=O) groups excluding carboxylic acids is 2. The zero-order chi connectivity index (χ0) is 19.7. The number of nitrogens with zero attached hydrogens (tertiary/aromatic N) is 1. The van der Waals surface area contributed by atoms with E-state index in [0.29, 0.717) is 21.6 Å². The Labute approximate surface area is 171 Å². The first-order valence-electron chi connectivity index (χ1n) is 9.63. The van der Waals surface area contributed by atoms with Crippen molar-refractivity contribution in [2.45, 2.75) is 56.5 Å². The van der Waals surface area contributed by atoms with Crippen LogP contribution in [0.4, 0.5) is 5.69 Å². The van der Waals surface area contributed by atoms with E-state index < -0.39 is 0 Å². The van der Waals surface area contributed by atoms with Crippen molar-refractivity contribution < 1.29 is 14.1 Å². The molecule has 2 fully saturated rings. The van der Waals surface area contributed by atoms with Gasteiger partial charge in [0.2, 0.25) is 0 Å². The van der Waals surface area contributed by atoms with Crippen molar-refractivity contribution in [1.82, 2.24) is 10.5 Å².